The van der Waals surface area contributed by atoms with Crippen molar-refractivity contribution in [1.29, 1.82) is 0 Å². The average Bonchev–Trinajstić information content (AvgIpc) is 2.36. The zero-order chi connectivity index (χ0) is 14.5. The first-order valence-corrected chi connectivity index (χ1v) is 7.94. The third-order valence-corrected chi connectivity index (χ3v) is 3.55. The van der Waals surface area contributed by atoms with Gasteiger partial charge in [-0.05, 0) is 24.9 Å². The quantitative estimate of drug-likeness (QED) is 0.433. The van der Waals surface area contributed by atoms with Crippen LogP contribution in [0.5, 0.6) is 0 Å². The SMILES string of the molecule is CCCCCCCCCCCC(=O)NC(C)C(=O)Cl. The Kier molecular flexibility index (Phi) is 12.1. The Hall–Kier alpha value is -0.570. The highest BCUT2D eigenvalue weighted by atomic mass is 35.5. The van der Waals surface area contributed by atoms with Crippen LogP contribution in [0.4, 0.5) is 0 Å². The molecule has 1 N–H and O–H groups in total. The van der Waals surface area contributed by atoms with E-state index >= 15 is 0 Å². The van der Waals surface area contributed by atoms with E-state index < -0.39 is 11.3 Å². The number of rotatable bonds is 12. The van der Waals surface area contributed by atoms with Crippen LogP contribution in [0, 0.1) is 0 Å². The van der Waals surface area contributed by atoms with Crippen LogP contribution in [-0.4, -0.2) is 17.2 Å². The molecule has 112 valence electrons. The van der Waals surface area contributed by atoms with Crippen molar-refractivity contribution in [2.45, 2.75) is 84.1 Å². The molecule has 0 heterocycles. The van der Waals surface area contributed by atoms with Crippen LogP contribution in [0.25, 0.3) is 0 Å². The van der Waals surface area contributed by atoms with Gasteiger partial charge in [0.25, 0.3) is 0 Å². The summed E-state index contributed by atoms with van der Waals surface area (Å²) >= 11 is 5.27. The summed E-state index contributed by atoms with van der Waals surface area (Å²) in [6, 6.07) is -0.576. The lowest BCUT2D eigenvalue weighted by Gasteiger charge is -2.08. The first-order chi connectivity index (χ1) is 9.07. The van der Waals surface area contributed by atoms with Crippen LogP contribution in [0.2, 0.25) is 0 Å². The monoisotopic (exact) mass is 289 g/mol. The van der Waals surface area contributed by atoms with Crippen molar-refractivity contribution in [1.82, 2.24) is 5.32 Å². The molecule has 1 unspecified atom stereocenters. The Labute approximate surface area is 122 Å². The van der Waals surface area contributed by atoms with Crippen LogP contribution >= 0.6 is 11.6 Å². The summed E-state index contributed by atoms with van der Waals surface area (Å²) in [4.78, 5) is 22.2. The fraction of sp³-hybridized carbons (Fsp3) is 0.867. The highest BCUT2D eigenvalue weighted by Gasteiger charge is 2.12. The van der Waals surface area contributed by atoms with E-state index in [1.165, 1.54) is 44.9 Å². The molecule has 0 aromatic carbocycles. The Morgan fingerprint density at radius 3 is 1.89 bits per heavy atom. The van der Waals surface area contributed by atoms with Gasteiger partial charge in [0.15, 0.2) is 0 Å². The molecule has 0 aliphatic rings. The minimum Gasteiger partial charge on any atom is -0.345 e. The summed E-state index contributed by atoms with van der Waals surface area (Å²) in [5, 5.41) is 2.07. The van der Waals surface area contributed by atoms with Gasteiger partial charge in [-0.1, -0.05) is 58.3 Å². The Balaban J connectivity index is 3.30. The van der Waals surface area contributed by atoms with Gasteiger partial charge in [-0.25, -0.2) is 0 Å². The highest BCUT2D eigenvalue weighted by Crippen LogP contribution is 2.10. The third-order valence-electron chi connectivity index (χ3n) is 3.23. The molecule has 0 fully saturated rings. The summed E-state index contributed by atoms with van der Waals surface area (Å²) in [6.07, 6.45) is 11.6. The largest absolute Gasteiger partial charge is 0.345 e. The number of hydrogen-bond donors (Lipinski definition) is 1. The molecule has 0 bridgehead atoms. The first kappa shape index (κ1) is 18.4. The fourth-order valence-electron chi connectivity index (χ4n) is 1.97. The van der Waals surface area contributed by atoms with E-state index in [9.17, 15) is 9.59 Å². The lowest BCUT2D eigenvalue weighted by atomic mass is 10.1. The Bertz CT molecular complexity index is 257. The molecule has 4 heteroatoms. The lowest BCUT2D eigenvalue weighted by Crippen LogP contribution is -2.36. The number of amides is 1. The minimum atomic E-state index is -0.576. The molecule has 0 saturated heterocycles. The van der Waals surface area contributed by atoms with Crippen molar-refractivity contribution in [3.63, 3.8) is 0 Å². The van der Waals surface area contributed by atoms with Crippen LogP contribution in [0.1, 0.15) is 78.1 Å². The van der Waals surface area contributed by atoms with Crippen LogP contribution in [0.15, 0.2) is 0 Å². The summed E-state index contributed by atoms with van der Waals surface area (Å²) < 4.78 is 0. The second kappa shape index (κ2) is 12.5. The second-order valence-corrected chi connectivity index (χ2v) is 5.54. The molecule has 3 nitrogen and oxygen atoms in total. The van der Waals surface area contributed by atoms with E-state index in [4.69, 9.17) is 11.6 Å². The van der Waals surface area contributed by atoms with Gasteiger partial charge in [-0.15, -0.1) is 0 Å². The molecule has 0 spiro atoms. The maximum atomic E-state index is 11.4. The molecule has 19 heavy (non-hydrogen) atoms. The maximum absolute atomic E-state index is 11.4. The van der Waals surface area contributed by atoms with Crippen molar-refractivity contribution in [2.24, 2.45) is 0 Å². The number of nitrogens with one attached hydrogen (secondary N) is 1. The van der Waals surface area contributed by atoms with Gasteiger partial charge < -0.3 is 5.32 Å². The van der Waals surface area contributed by atoms with Crippen molar-refractivity contribution in [3.05, 3.63) is 0 Å². The van der Waals surface area contributed by atoms with Crippen molar-refractivity contribution < 1.29 is 9.59 Å². The predicted octanol–water partition coefficient (Wildman–Crippen LogP) is 4.18. The van der Waals surface area contributed by atoms with E-state index in [1.807, 2.05) is 0 Å². The molecule has 0 aromatic rings. The topological polar surface area (TPSA) is 46.2 Å². The fourth-order valence-corrected chi connectivity index (χ4v) is 2.02. The van der Waals surface area contributed by atoms with E-state index in [1.54, 1.807) is 6.92 Å². The molecule has 0 radical (unpaired) electrons. The van der Waals surface area contributed by atoms with Crippen LogP contribution in [0.3, 0.4) is 0 Å². The van der Waals surface area contributed by atoms with Crippen molar-refractivity contribution in [2.75, 3.05) is 0 Å². The molecule has 1 atom stereocenters. The number of halogens is 1. The molecule has 0 aliphatic heterocycles. The molecule has 0 saturated carbocycles. The molecule has 0 rings (SSSR count). The van der Waals surface area contributed by atoms with Gasteiger partial charge in [0.2, 0.25) is 11.1 Å². The summed E-state index contributed by atoms with van der Waals surface area (Å²) in [5.41, 5.74) is 0. The van der Waals surface area contributed by atoms with Gasteiger partial charge in [0.05, 0.1) is 0 Å². The highest BCUT2D eigenvalue weighted by molar-refractivity contribution is 6.64. The molecule has 1 amide bonds. The van der Waals surface area contributed by atoms with E-state index in [0.717, 1.165) is 12.8 Å². The predicted molar refractivity (Wildman–Crippen MR) is 80.3 cm³/mol. The standard InChI is InChI=1S/C15H28ClNO2/c1-3-4-5-6-7-8-9-10-11-12-14(18)17-13(2)15(16)19/h13H,3-12H2,1-2H3,(H,17,18). The van der Waals surface area contributed by atoms with Gasteiger partial charge in [-0.2, -0.15) is 0 Å². The Morgan fingerprint density at radius 1 is 0.947 bits per heavy atom. The van der Waals surface area contributed by atoms with E-state index in [0.29, 0.717) is 6.42 Å². The molecular formula is C15H28ClNO2. The van der Waals surface area contributed by atoms with Crippen molar-refractivity contribution in [3.8, 4) is 0 Å². The normalized spacial score (nSPS) is 12.2. The van der Waals surface area contributed by atoms with Crippen molar-refractivity contribution >= 4 is 22.8 Å². The summed E-state index contributed by atoms with van der Waals surface area (Å²) in [7, 11) is 0. The van der Waals surface area contributed by atoms with Gasteiger partial charge in [-0.3, -0.25) is 9.59 Å². The van der Waals surface area contributed by atoms with Crippen LogP contribution < -0.4 is 5.32 Å². The van der Waals surface area contributed by atoms with Gasteiger partial charge in [0, 0.05) is 6.42 Å². The maximum Gasteiger partial charge on any atom is 0.243 e. The van der Waals surface area contributed by atoms with E-state index in [2.05, 4.69) is 12.2 Å². The number of unbranched alkanes of at least 4 members (excludes halogenated alkanes) is 8. The summed E-state index contributed by atoms with van der Waals surface area (Å²) in [6.45, 7) is 3.83. The third kappa shape index (κ3) is 12.2. The molecular weight excluding hydrogens is 262 g/mol. The van der Waals surface area contributed by atoms with Gasteiger partial charge in [0.1, 0.15) is 6.04 Å². The molecule has 0 aliphatic carbocycles. The lowest BCUT2D eigenvalue weighted by molar-refractivity contribution is -0.124. The second-order valence-electron chi connectivity index (χ2n) is 5.17. The van der Waals surface area contributed by atoms with Crippen LogP contribution in [-0.2, 0) is 9.59 Å². The number of carbonyl (C=O) groups excluding carboxylic acids is 2. The Morgan fingerprint density at radius 2 is 1.42 bits per heavy atom. The average molecular weight is 290 g/mol. The zero-order valence-electron chi connectivity index (χ0n) is 12.3. The van der Waals surface area contributed by atoms with E-state index in [-0.39, 0.29) is 5.91 Å². The minimum absolute atomic E-state index is 0.0792. The van der Waals surface area contributed by atoms with Gasteiger partial charge >= 0.3 is 0 Å². The summed E-state index contributed by atoms with van der Waals surface area (Å²) in [5.74, 6) is -0.0792. The molecule has 0 aromatic heterocycles. The number of carbonyl (C=O) groups is 2. The number of hydrogen-bond acceptors (Lipinski definition) is 2. The first-order valence-electron chi connectivity index (χ1n) is 7.56. The smallest absolute Gasteiger partial charge is 0.243 e. The zero-order valence-corrected chi connectivity index (χ0v) is 13.1.